The minimum atomic E-state index is -0.795. The minimum absolute atomic E-state index is 0.793. The van der Waals surface area contributed by atoms with Gasteiger partial charge in [0.1, 0.15) is 6.79 Å². The number of carbonyl (C=O) groups is 1. The van der Waals surface area contributed by atoms with Crippen molar-refractivity contribution in [2.24, 2.45) is 0 Å². The van der Waals surface area contributed by atoms with E-state index in [1.54, 1.807) is 0 Å². The number of hydrogen-bond acceptors (Lipinski definition) is 2. The summed E-state index contributed by atoms with van der Waals surface area (Å²) >= 11 is 0. The van der Waals surface area contributed by atoms with Gasteiger partial charge in [-0.1, -0.05) is 45.4 Å². The summed E-state index contributed by atoms with van der Waals surface area (Å²) in [5, 5.41) is 0. The van der Waals surface area contributed by atoms with Crippen LogP contribution in [0.2, 0.25) is 0 Å². The Labute approximate surface area is 108 Å². The van der Waals surface area contributed by atoms with E-state index >= 15 is 0 Å². The first-order valence-electron chi connectivity index (χ1n) is 5.98. The zero-order valence-electron chi connectivity index (χ0n) is 11.4. The van der Waals surface area contributed by atoms with Gasteiger partial charge in [-0.15, -0.1) is 0 Å². The maximum absolute atomic E-state index is 11.7. The second-order valence-corrected chi connectivity index (χ2v) is 4.71. The second kappa shape index (κ2) is 13.1. The molecule has 1 rings (SSSR count). The molecule has 1 aromatic carbocycles. The van der Waals surface area contributed by atoms with E-state index in [-0.39, 0.29) is 0 Å². The van der Waals surface area contributed by atoms with E-state index in [9.17, 15) is 4.21 Å². The standard InChI is InChI=1S/C11H16OS.C2H6.CH2O/c1-3-4-9-13(12)11-8-6-5-7-10(11)2;2*1-2/h5-8H,3-4,9H2,1-2H3;1-2H3;1H2. The summed E-state index contributed by atoms with van der Waals surface area (Å²) in [6.07, 6.45) is 2.15. The lowest BCUT2D eigenvalue weighted by Gasteiger charge is -2.04. The average Bonchev–Trinajstić information content (AvgIpc) is 2.41. The lowest BCUT2D eigenvalue weighted by Crippen LogP contribution is -1.99. The van der Waals surface area contributed by atoms with Crippen LogP contribution in [-0.2, 0) is 15.6 Å². The molecule has 0 aromatic heterocycles. The first-order valence-corrected chi connectivity index (χ1v) is 7.30. The van der Waals surface area contributed by atoms with Crippen molar-refractivity contribution < 1.29 is 9.00 Å². The number of unbranched alkanes of at least 4 members (excludes halogenated alkanes) is 1. The van der Waals surface area contributed by atoms with Crippen molar-refractivity contribution in [3.8, 4) is 0 Å². The summed E-state index contributed by atoms with van der Waals surface area (Å²) < 4.78 is 11.7. The van der Waals surface area contributed by atoms with Gasteiger partial charge < -0.3 is 4.79 Å². The van der Waals surface area contributed by atoms with Crippen LogP contribution in [-0.4, -0.2) is 16.8 Å². The second-order valence-electron chi connectivity index (χ2n) is 3.17. The molecule has 0 saturated carbocycles. The van der Waals surface area contributed by atoms with E-state index in [1.165, 1.54) is 0 Å². The van der Waals surface area contributed by atoms with Crippen molar-refractivity contribution in [1.29, 1.82) is 0 Å². The molecule has 0 amide bonds. The number of benzene rings is 1. The summed E-state index contributed by atoms with van der Waals surface area (Å²) in [7, 11) is -0.795. The average molecular weight is 256 g/mol. The predicted octanol–water partition coefficient (Wildman–Crippen LogP) is 3.74. The smallest absolute Gasteiger partial charge is 0.106 e. The molecule has 0 heterocycles. The van der Waals surface area contributed by atoms with Crippen LogP contribution in [0.25, 0.3) is 0 Å². The SMILES string of the molecule is C=O.CC.CCCCS(=O)c1ccccc1C. The zero-order chi connectivity index (χ0) is 13.7. The Kier molecular flexibility index (Phi) is 14.2. The highest BCUT2D eigenvalue weighted by molar-refractivity contribution is 7.85. The fraction of sp³-hybridized carbons (Fsp3) is 0.500. The van der Waals surface area contributed by atoms with Crippen LogP contribution in [0.4, 0.5) is 0 Å². The first-order chi connectivity index (χ1) is 8.25. The summed E-state index contributed by atoms with van der Waals surface area (Å²) in [6.45, 7) is 10.1. The van der Waals surface area contributed by atoms with Crippen molar-refractivity contribution in [2.45, 2.75) is 45.4 Å². The maximum Gasteiger partial charge on any atom is 0.106 e. The fourth-order valence-electron chi connectivity index (χ4n) is 1.20. The molecule has 3 heteroatoms. The molecule has 0 saturated heterocycles. The van der Waals surface area contributed by atoms with Gasteiger partial charge in [-0.2, -0.15) is 0 Å². The van der Waals surface area contributed by atoms with Crippen molar-refractivity contribution >= 4 is 17.6 Å². The third-order valence-electron chi connectivity index (χ3n) is 2.02. The topological polar surface area (TPSA) is 34.1 Å². The van der Waals surface area contributed by atoms with Gasteiger partial charge in [-0.3, -0.25) is 4.21 Å². The van der Waals surface area contributed by atoms with Crippen molar-refractivity contribution in [3.63, 3.8) is 0 Å². The van der Waals surface area contributed by atoms with Crippen LogP contribution in [0, 0.1) is 6.92 Å². The van der Waals surface area contributed by atoms with Crippen LogP contribution >= 0.6 is 0 Å². The molecular formula is C14H24O2S. The van der Waals surface area contributed by atoms with Crippen LogP contribution < -0.4 is 0 Å². The molecule has 2 nitrogen and oxygen atoms in total. The molecule has 98 valence electrons. The van der Waals surface area contributed by atoms with Gasteiger partial charge in [0.25, 0.3) is 0 Å². The summed E-state index contributed by atoms with van der Waals surface area (Å²) in [5.41, 5.74) is 1.14. The van der Waals surface area contributed by atoms with Gasteiger partial charge in [-0.25, -0.2) is 0 Å². The van der Waals surface area contributed by atoms with Gasteiger partial charge >= 0.3 is 0 Å². The number of aryl methyl sites for hydroxylation is 1. The van der Waals surface area contributed by atoms with Crippen molar-refractivity contribution in [3.05, 3.63) is 29.8 Å². The van der Waals surface area contributed by atoms with Crippen LogP contribution in [0.1, 0.15) is 39.2 Å². The number of rotatable bonds is 4. The van der Waals surface area contributed by atoms with Crippen LogP contribution in [0.5, 0.6) is 0 Å². The van der Waals surface area contributed by atoms with E-state index in [0.717, 1.165) is 29.1 Å². The Balaban J connectivity index is 0. The molecule has 0 fully saturated rings. The monoisotopic (exact) mass is 256 g/mol. The Hall–Kier alpha value is -0.960. The lowest BCUT2D eigenvalue weighted by atomic mass is 10.2. The Morgan fingerprint density at radius 3 is 2.18 bits per heavy atom. The highest BCUT2D eigenvalue weighted by Crippen LogP contribution is 2.13. The minimum Gasteiger partial charge on any atom is -0.307 e. The van der Waals surface area contributed by atoms with Crippen LogP contribution in [0.3, 0.4) is 0 Å². The molecular weight excluding hydrogens is 232 g/mol. The molecule has 1 unspecified atom stereocenters. The predicted molar refractivity (Wildman–Crippen MR) is 75.8 cm³/mol. The fourth-order valence-corrected chi connectivity index (χ4v) is 2.63. The van der Waals surface area contributed by atoms with Crippen molar-refractivity contribution in [2.75, 3.05) is 5.75 Å². The largest absolute Gasteiger partial charge is 0.307 e. The number of carbonyl (C=O) groups excluding carboxylic acids is 1. The maximum atomic E-state index is 11.7. The first kappa shape index (κ1) is 18.4. The molecule has 1 atom stereocenters. The molecule has 0 spiro atoms. The Morgan fingerprint density at radius 1 is 1.18 bits per heavy atom. The van der Waals surface area contributed by atoms with E-state index in [2.05, 4.69) is 6.92 Å². The van der Waals surface area contributed by atoms with Gasteiger partial charge in [0.15, 0.2) is 0 Å². The highest BCUT2D eigenvalue weighted by Gasteiger charge is 2.04. The van der Waals surface area contributed by atoms with E-state index in [1.807, 2.05) is 51.8 Å². The van der Waals surface area contributed by atoms with E-state index in [4.69, 9.17) is 4.79 Å². The molecule has 1 aromatic rings. The molecule has 0 aliphatic carbocycles. The van der Waals surface area contributed by atoms with E-state index < -0.39 is 10.8 Å². The summed E-state index contributed by atoms with van der Waals surface area (Å²) in [6, 6.07) is 7.91. The highest BCUT2D eigenvalue weighted by atomic mass is 32.2. The molecule has 0 aliphatic rings. The lowest BCUT2D eigenvalue weighted by molar-refractivity contribution is -0.0979. The van der Waals surface area contributed by atoms with Gasteiger partial charge in [0.05, 0.1) is 10.8 Å². The molecule has 0 aliphatic heterocycles. The third kappa shape index (κ3) is 7.86. The van der Waals surface area contributed by atoms with Gasteiger partial charge in [0.2, 0.25) is 0 Å². The van der Waals surface area contributed by atoms with Crippen molar-refractivity contribution in [1.82, 2.24) is 0 Å². The molecule has 0 N–H and O–H groups in total. The number of hydrogen-bond donors (Lipinski definition) is 0. The van der Waals surface area contributed by atoms with Crippen LogP contribution in [0.15, 0.2) is 29.2 Å². The summed E-state index contributed by atoms with van der Waals surface area (Å²) in [5.74, 6) is 0.793. The Bertz CT molecular complexity index is 311. The molecule has 17 heavy (non-hydrogen) atoms. The van der Waals surface area contributed by atoms with E-state index in [0.29, 0.717) is 0 Å². The van der Waals surface area contributed by atoms with Gasteiger partial charge in [0, 0.05) is 10.6 Å². The third-order valence-corrected chi connectivity index (χ3v) is 3.63. The quantitative estimate of drug-likeness (QED) is 0.822. The molecule has 0 radical (unpaired) electrons. The Morgan fingerprint density at radius 2 is 1.71 bits per heavy atom. The van der Waals surface area contributed by atoms with Gasteiger partial charge in [-0.05, 0) is 25.0 Å². The zero-order valence-corrected chi connectivity index (χ0v) is 12.2. The molecule has 0 bridgehead atoms. The summed E-state index contributed by atoms with van der Waals surface area (Å²) in [4.78, 5) is 9.00. The normalized spacial score (nSPS) is 10.4.